The van der Waals surface area contributed by atoms with Gasteiger partial charge in [-0.05, 0) is 47.6 Å². The number of thiophene rings is 1. The van der Waals surface area contributed by atoms with Crippen LogP contribution in [0.25, 0.3) is 0 Å². The zero-order valence-electron chi connectivity index (χ0n) is 10.5. The van der Waals surface area contributed by atoms with Gasteiger partial charge in [-0.25, -0.2) is 0 Å². The maximum Gasteiger partial charge on any atom is 0.234 e. The Bertz CT molecular complexity index is 376. The predicted molar refractivity (Wildman–Crippen MR) is 76.2 cm³/mol. The Kier molecular flexibility index (Phi) is 5.62. The quantitative estimate of drug-likeness (QED) is 0.846. The summed E-state index contributed by atoms with van der Waals surface area (Å²) in [6, 6.07) is 2.02. The highest BCUT2D eigenvalue weighted by Gasteiger charge is 2.17. The SMILES string of the molecule is CCC(C)(C)NC(=O)CNCc1sccc1Br. The van der Waals surface area contributed by atoms with Crippen molar-refractivity contribution in [2.24, 2.45) is 0 Å². The number of amides is 1. The molecule has 1 amide bonds. The van der Waals surface area contributed by atoms with Crippen LogP contribution >= 0.6 is 27.3 Å². The number of carbonyl (C=O) groups is 1. The smallest absolute Gasteiger partial charge is 0.234 e. The van der Waals surface area contributed by atoms with Crippen LogP contribution in [0.3, 0.4) is 0 Å². The number of hydrogen-bond donors (Lipinski definition) is 2. The standard InChI is InChI=1S/C12H19BrN2OS/c1-4-12(2,3)15-11(16)8-14-7-10-9(13)5-6-17-10/h5-6,14H,4,7-8H2,1-3H3,(H,15,16). The first-order valence-corrected chi connectivity index (χ1v) is 7.35. The van der Waals surface area contributed by atoms with Crippen molar-refractivity contribution in [3.05, 3.63) is 20.8 Å². The van der Waals surface area contributed by atoms with E-state index in [1.54, 1.807) is 11.3 Å². The van der Waals surface area contributed by atoms with Crippen molar-refractivity contribution in [1.29, 1.82) is 0 Å². The lowest BCUT2D eigenvalue weighted by atomic mass is 10.0. The summed E-state index contributed by atoms with van der Waals surface area (Å²) in [4.78, 5) is 12.9. The molecule has 17 heavy (non-hydrogen) atoms. The molecule has 1 rings (SSSR count). The van der Waals surface area contributed by atoms with E-state index in [2.05, 4.69) is 33.5 Å². The zero-order valence-corrected chi connectivity index (χ0v) is 12.9. The van der Waals surface area contributed by atoms with Crippen molar-refractivity contribution < 1.29 is 4.79 Å². The van der Waals surface area contributed by atoms with E-state index in [1.807, 2.05) is 25.3 Å². The van der Waals surface area contributed by atoms with Crippen molar-refractivity contribution in [3.63, 3.8) is 0 Å². The monoisotopic (exact) mass is 318 g/mol. The van der Waals surface area contributed by atoms with Gasteiger partial charge in [0.2, 0.25) is 5.91 Å². The molecule has 1 aromatic heterocycles. The summed E-state index contributed by atoms with van der Waals surface area (Å²) in [5.74, 6) is 0.0459. The third kappa shape index (κ3) is 5.19. The van der Waals surface area contributed by atoms with Gasteiger partial charge in [0, 0.05) is 21.4 Å². The van der Waals surface area contributed by atoms with E-state index < -0.39 is 0 Å². The Morgan fingerprint density at radius 3 is 2.76 bits per heavy atom. The van der Waals surface area contributed by atoms with Gasteiger partial charge in [0.1, 0.15) is 0 Å². The molecule has 0 saturated heterocycles. The first kappa shape index (κ1) is 14.7. The van der Waals surface area contributed by atoms with Gasteiger partial charge < -0.3 is 10.6 Å². The van der Waals surface area contributed by atoms with E-state index in [-0.39, 0.29) is 11.4 Å². The molecular weight excluding hydrogens is 300 g/mol. The fourth-order valence-electron chi connectivity index (χ4n) is 1.25. The summed E-state index contributed by atoms with van der Waals surface area (Å²) in [7, 11) is 0. The Balaban J connectivity index is 2.28. The fourth-order valence-corrected chi connectivity index (χ4v) is 2.71. The Labute approximate surface area is 115 Å². The van der Waals surface area contributed by atoms with Crippen molar-refractivity contribution in [2.75, 3.05) is 6.54 Å². The van der Waals surface area contributed by atoms with Crippen LogP contribution in [-0.4, -0.2) is 18.0 Å². The largest absolute Gasteiger partial charge is 0.350 e. The molecular formula is C12H19BrN2OS. The summed E-state index contributed by atoms with van der Waals surface area (Å²) >= 11 is 5.14. The molecule has 0 bridgehead atoms. The van der Waals surface area contributed by atoms with E-state index in [0.29, 0.717) is 6.54 Å². The molecule has 1 heterocycles. The summed E-state index contributed by atoms with van der Waals surface area (Å²) in [6.45, 7) is 7.20. The van der Waals surface area contributed by atoms with Crippen LogP contribution in [0.2, 0.25) is 0 Å². The summed E-state index contributed by atoms with van der Waals surface area (Å²) in [5.41, 5.74) is -0.123. The molecule has 0 fully saturated rings. The van der Waals surface area contributed by atoms with Gasteiger partial charge in [-0.2, -0.15) is 0 Å². The van der Waals surface area contributed by atoms with Gasteiger partial charge in [-0.15, -0.1) is 11.3 Å². The van der Waals surface area contributed by atoms with Crippen LogP contribution in [0.5, 0.6) is 0 Å². The normalized spacial score (nSPS) is 11.5. The van der Waals surface area contributed by atoms with Crippen molar-refractivity contribution in [2.45, 2.75) is 39.3 Å². The molecule has 0 unspecified atom stereocenters. The van der Waals surface area contributed by atoms with Crippen LogP contribution in [0.1, 0.15) is 32.1 Å². The van der Waals surface area contributed by atoms with Gasteiger partial charge in [0.05, 0.1) is 6.54 Å². The number of nitrogens with one attached hydrogen (secondary N) is 2. The lowest BCUT2D eigenvalue weighted by molar-refractivity contribution is -0.121. The van der Waals surface area contributed by atoms with Crippen LogP contribution in [0, 0.1) is 0 Å². The van der Waals surface area contributed by atoms with E-state index in [1.165, 1.54) is 4.88 Å². The first-order valence-electron chi connectivity index (χ1n) is 5.68. The molecule has 0 saturated carbocycles. The minimum Gasteiger partial charge on any atom is -0.350 e. The van der Waals surface area contributed by atoms with Crippen molar-refractivity contribution in [3.8, 4) is 0 Å². The average molecular weight is 319 g/mol. The molecule has 1 aromatic rings. The second-order valence-corrected chi connectivity index (χ2v) is 6.44. The van der Waals surface area contributed by atoms with Gasteiger partial charge >= 0.3 is 0 Å². The Morgan fingerprint density at radius 2 is 2.24 bits per heavy atom. The summed E-state index contributed by atoms with van der Waals surface area (Å²) < 4.78 is 1.10. The number of halogens is 1. The minimum atomic E-state index is -0.123. The molecule has 2 N–H and O–H groups in total. The van der Waals surface area contributed by atoms with Crippen LogP contribution in [0.4, 0.5) is 0 Å². The first-order chi connectivity index (χ1) is 7.94. The molecule has 0 aliphatic rings. The third-order valence-electron chi connectivity index (χ3n) is 2.62. The van der Waals surface area contributed by atoms with Gasteiger partial charge in [-0.1, -0.05) is 6.92 Å². The predicted octanol–water partition coefficient (Wildman–Crippen LogP) is 2.91. The summed E-state index contributed by atoms with van der Waals surface area (Å²) in [6.07, 6.45) is 0.926. The second kappa shape index (κ2) is 6.52. The minimum absolute atomic E-state index is 0.0459. The van der Waals surface area contributed by atoms with Crippen molar-refractivity contribution in [1.82, 2.24) is 10.6 Å². The molecule has 0 aliphatic heterocycles. The van der Waals surface area contributed by atoms with Gasteiger partial charge in [-0.3, -0.25) is 4.79 Å². The second-order valence-electron chi connectivity index (χ2n) is 4.58. The average Bonchev–Trinajstić information content (AvgIpc) is 2.64. The topological polar surface area (TPSA) is 41.1 Å². The Morgan fingerprint density at radius 1 is 1.53 bits per heavy atom. The van der Waals surface area contributed by atoms with E-state index in [4.69, 9.17) is 0 Å². The molecule has 0 radical (unpaired) electrons. The van der Waals surface area contributed by atoms with Crippen LogP contribution < -0.4 is 10.6 Å². The van der Waals surface area contributed by atoms with E-state index in [9.17, 15) is 4.79 Å². The highest BCUT2D eigenvalue weighted by atomic mass is 79.9. The molecule has 0 aliphatic carbocycles. The van der Waals surface area contributed by atoms with Gasteiger partial charge in [0.15, 0.2) is 0 Å². The van der Waals surface area contributed by atoms with E-state index in [0.717, 1.165) is 17.4 Å². The maximum absolute atomic E-state index is 11.6. The zero-order chi connectivity index (χ0) is 12.9. The fraction of sp³-hybridized carbons (Fsp3) is 0.583. The van der Waals surface area contributed by atoms with Crippen LogP contribution in [0.15, 0.2) is 15.9 Å². The van der Waals surface area contributed by atoms with Crippen molar-refractivity contribution >= 4 is 33.2 Å². The molecule has 96 valence electrons. The highest BCUT2D eigenvalue weighted by molar-refractivity contribution is 9.10. The highest BCUT2D eigenvalue weighted by Crippen LogP contribution is 2.21. The lowest BCUT2D eigenvalue weighted by Crippen LogP contribution is -2.46. The number of carbonyl (C=O) groups excluding carboxylic acids is 1. The molecule has 3 nitrogen and oxygen atoms in total. The third-order valence-corrected chi connectivity index (χ3v) is 4.55. The van der Waals surface area contributed by atoms with Crippen LogP contribution in [-0.2, 0) is 11.3 Å². The van der Waals surface area contributed by atoms with E-state index >= 15 is 0 Å². The molecule has 0 atom stereocenters. The molecule has 5 heteroatoms. The lowest BCUT2D eigenvalue weighted by Gasteiger charge is -2.24. The number of hydrogen-bond acceptors (Lipinski definition) is 3. The Hall–Kier alpha value is -0.390. The molecule has 0 aromatic carbocycles. The molecule has 0 spiro atoms. The maximum atomic E-state index is 11.6. The van der Waals surface area contributed by atoms with Gasteiger partial charge in [0.25, 0.3) is 0 Å². The summed E-state index contributed by atoms with van der Waals surface area (Å²) in [5, 5.41) is 8.16. The number of rotatable bonds is 6.